The highest BCUT2D eigenvalue weighted by molar-refractivity contribution is 9.10. The number of ketones is 1. The summed E-state index contributed by atoms with van der Waals surface area (Å²) in [6.45, 7) is 6.11. The number of Topliss-reactive ketones (excluding diaryl/α,β-unsaturated/α-hetero) is 1. The van der Waals surface area contributed by atoms with Gasteiger partial charge in [-0.3, -0.25) is 9.69 Å². The Balaban J connectivity index is 2.00. The van der Waals surface area contributed by atoms with Crippen molar-refractivity contribution in [1.82, 2.24) is 0 Å². The molecule has 0 bridgehead atoms. The number of anilines is 1. The zero-order chi connectivity index (χ0) is 21.8. The van der Waals surface area contributed by atoms with Crippen molar-refractivity contribution >= 4 is 50.3 Å². The average Bonchev–Trinajstić information content (AvgIpc) is 3.08. The molecule has 1 aliphatic heterocycles. The Morgan fingerprint density at radius 3 is 2.67 bits per heavy atom. The number of rotatable bonds is 2. The SMILES string of the molecule is Cc1ccc(N2C(N)=C(C#N)C(c3cc(Br)cs3)C3=C2CC(C)(C)CC3=O)cc1Cl. The van der Waals surface area contributed by atoms with Gasteiger partial charge in [-0.15, -0.1) is 11.3 Å². The Kier molecular flexibility index (Phi) is 5.34. The van der Waals surface area contributed by atoms with Gasteiger partial charge in [-0.2, -0.15) is 5.26 Å². The molecule has 0 saturated carbocycles. The molecule has 2 N–H and O–H groups in total. The third-order valence-electron chi connectivity index (χ3n) is 5.67. The topological polar surface area (TPSA) is 70.1 Å². The molecule has 30 heavy (non-hydrogen) atoms. The van der Waals surface area contributed by atoms with E-state index in [0.29, 0.717) is 34.8 Å². The van der Waals surface area contributed by atoms with Crippen molar-refractivity contribution in [3.05, 3.63) is 72.2 Å². The second-order valence-corrected chi connectivity index (χ2v) is 10.8. The van der Waals surface area contributed by atoms with Crippen LogP contribution in [0.25, 0.3) is 0 Å². The minimum atomic E-state index is -0.443. The molecule has 154 valence electrons. The third-order valence-corrected chi connectivity index (χ3v) is 7.83. The van der Waals surface area contributed by atoms with Gasteiger partial charge >= 0.3 is 0 Å². The summed E-state index contributed by atoms with van der Waals surface area (Å²) in [5, 5.41) is 12.6. The molecule has 1 aromatic heterocycles. The number of aryl methyl sites for hydroxylation is 1. The molecule has 0 amide bonds. The van der Waals surface area contributed by atoms with Crippen molar-refractivity contribution in [2.45, 2.75) is 39.5 Å². The summed E-state index contributed by atoms with van der Waals surface area (Å²) in [6, 6.07) is 9.97. The molecule has 1 atom stereocenters. The first kappa shape index (κ1) is 21.2. The van der Waals surface area contributed by atoms with Gasteiger partial charge in [0.25, 0.3) is 0 Å². The molecule has 2 aromatic rings. The van der Waals surface area contributed by atoms with Gasteiger partial charge in [-0.25, -0.2) is 0 Å². The van der Waals surface area contributed by atoms with Crippen LogP contribution in [0.5, 0.6) is 0 Å². The van der Waals surface area contributed by atoms with Crippen molar-refractivity contribution in [1.29, 1.82) is 5.26 Å². The first-order valence-electron chi connectivity index (χ1n) is 9.59. The van der Waals surface area contributed by atoms with Crippen molar-refractivity contribution in [2.75, 3.05) is 4.90 Å². The molecule has 1 aromatic carbocycles. The maximum absolute atomic E-state index is 13.4. The number of hydrogen-bond acceptors (Lipinski definition) is 5. The van der Waals surface area contributed by atoms with E-state index in [1.54, 1.807) is 0 Å². The van der Waals surface area contributed by atoms with Crippen LogP contribution in [0, 0.1) is 23.7 Å². The number of nitrogens with two attached hydrogens (primary N) is 1. The van der Waals surface area contributed by atoms with Crippen LogP contribution in [0.4, 0.5) is 5.69 Å². The van der Waals surface area contributed by atoms with Gasteiger partial charge in [0.1, 0.15) is 5.82 Å². The fraction of sp³-hybridized carbons (Fsp3) is 0.304. The van der Waals surface area contributed by atoms with E-state index >= 15 is 0 Å². The van der Waals surface area contributed by atoms with Crippen molar-refractivity contribution in [3.63, 3.8) is 0 Å². The molecule has 4 nitrogen and oxygen atoms in total. The molecular weight excluding hydrogens is 482 g/mol. The second kappa shape index (κ2) is 7.56. The van der Waals surface area contributed by atoms with E-state index in [1.807, 2.05) is 41.5 Å². The van der Waals surface area contributed by atoms with Crippen LogP contribution < -0.4 is 10.6 Å². The Labute approximate surface area is 193 Å². The molecule has 1 aliphatic carbocycles. The average molecular weight is 503 g/mol. The van der Waals surface area contributed by atoms with E-state index in [2.05, 4.69) is 35.8 Å². The van der Waals surface area contributed by atoms with Crippen LogP contribution in [0.15, 0.2) is 56.8 Å². The Hall–Kier alpha value is -2.07. The fourth-order valence-corrected chi connectivity index (χ4v) is 6.03. The van der Waals surface area contributed by atoms with Gasteiger partial charge in [0.15, 0.2) is 5.78 Å². The van der Waals surface area contributed by atoms with Crippen LogP contribution in [0.3, 0.4) is 0 Å². The zero-order valence-corrected chi connectivity index (χ0v) is 20.1. The van der Waals surface area contributed by atoms with E-state index in [1.165, 1.54) is 11.3 Å². The number of nitriles is 1. The zero-order valence-electron chi connectivity index (χ0n) is 16.9. The molecule has 7 heteroatoms. The Bertz CT molecular complexity index is 1170. The molecule has 2 aliphatic rings. The number of nitrogens with zero attached hydrogens (tertiary/aromatic N) is 2. The summed E-state index contributed by atoms with van der Waals surface area (Å²) >= 11 is 11.4. The number of hydrogen-bond donors (Lipinski definition) is 1. The number of carbonyl (C=O) groups excluding carboxylic acids is 1. The third kappa shape index (κ3) is 3.49. The lowest BCUT2D eigenvalue weighted by Gasteiger charge is -2.43. The monoisotopic (exact) mass is 501 g/mol. The largest absolute Gasteiger partial charge is 0.384 e. The van der Waals surface area contributed by atoms with Crippen LogP contribution >= 0.6 is 38.9 Å². The van der Waals surface area contributed by atoms with Gasteiger partial charge in [0.05, 0.1) is 17.6 Å². The maximum Gasteiger partial charge on any atom is 0.162 e. The fourth-order valence-electron chi connectivity index (χ4n) is 4.29. The Morgan fingerprint density at radius 2 is 2.07 bits per heavy atom. The lowest BCUT2D eigenvalue weighted by molar-refractivity contribution is -0.118. The first-order valence-corrected chi connectivity index (χ1v) is 11.6. The van der Waals surface area contributed by atoms with E-state index in [9.17, 15) is 10.1 Å². The lowest BCUT2D eigenvalue weighted by atomic mass is 9.69. The minimum absolute atomic E-state index is 0.0687. The van der Waals surface area contributed by atoms with Crippen molar-refractivity contribution < 1.29 is 4.79 Å². The second-order valence-electron chi connectivity index (χ2n) is 8.58. The van der Waals surface area contributed by atoms with Gasteiger partial charge in [0, 0.05) is 43.1 Å². The maximum atomic E-state index is 13.4. The number of allylic oxidation sites excluding steroid dienone is 3. The summed E-state index contributed by atoms with van der Waals surface area (Å²) in [7, 11) is 0. The van der Waals surface area contributed by atoms with Gasteiger partial charge in [-0.05, 0) is 58.5 Å². The summed E-state index contributed by atoms with van der Waals surface area (Å²) in [5.41, 5.74) is 10.1. The van der Waals surface area contributed by atoms with Crippen molar-refractivity contribution in [2.24, 2.45) is 11.1 Å². The molecule has 0 spiro atoms. The first-order chi connectivity index (χ1) is 14.1. The summed E-state index contributed by atoms with van der Waals surface area (Å²) in [4.78, 5) is 16.2. The highest BCUT2D eigenvalue weighted by Gasteiger charge is 2.45. The van der Waals surface area contributed by atoms with Gasteiger partial charge in [-0.1, -0.05) is 31.5 Å². The lowest BCUT2D eigenvalue weighted by Crippen LogP contribution is -2.42. The summed E-state index contributed by atoms with van der Waals surface area (Å²) < 4.78 is 0.928. The summed E-state index contributed by atoms with van der Waals surface area (Å²) in [5.74, 6) is -0.0162. The molecular formula is C23H21BrClN3OS. The molecule has 0 radical (unpaired) electrons. The number of halogens is 2. The van der Waals surface area contributed by atoms with E-state index in [0.717, 1.165) is 26.3 Å². The quantitative estimate of drug-likeness (QED) is 0.515. The summed E-state index contributed by atoms with van der Waals surface area (Å²) in [6.07, 6.45) is 1.12. The molecule has 2 heterocycles. The van der Waals surface area contributed by atoms with Crippen molar-refractivity contribution in [3.8, 4) is 6.07 Å². The molecule has 0 saturated heterocycles. The van der Waals surface area contributed by atoms with E-state index < -0.39 is 5.92 Å². The van der Waals surface area contributed by atoms with Gasteiger partial charge in [0.2, 0.25) is 0 Å². The number of benzene rings is 1. The highest BCUT2D eigenvalue weighted by Crippen LogP contribution is 2.51. The minimum Gasteiger partial charge on any atom is -0.384 e. The molecule has 4 rings (SSSR count). The van der Waals surface area contributed by atoms with E-state index in [4.69, 9.17) is 17.3 Å². The van der Waals surface area contributed by atoms with Crippen LogP contribution in [-0.2, 0) is 4.79 Å². The predicted molar refractivity (Wildman–Crippen MR) is 125 cm³/mol. The number of thiophene rings is 1. The normalized spacial score (nSPS) is 21.0. The highest BCUT2D eigenvalue weighted by atomic mass is 79.9. The van der Waals surface area contributed by atoms with Crippen LogP contribution in [0.1, 0.15) is 43.0 Å². The van der Waals surface area contributed by atoms with Crippen LogP contribution in [0.2, 0.25) is 5.02 Å². The molecule has 0 fully saturated rings. The van der Waals surface area contributed by atoms with E-state index in [-0.39, 0.29) is 11.2 Å². The van der Waals surface area contributed by atoms with Crippen LogP contribution in [-0.4, -0.2) is 5.78 Å². The Morgan fingerprint density at radius 1 is 1.33 bits per heavy atom. The standard InChI is InChI=1S/C23H21BrClN3OS/c1-12-4-5-14(7-16(12)25)28-17-8-23(2,3)9-18(29)21(17)20(15(10-26)22(28)27)19-6-13(24)11-30-19/h4-7,11,20H,8-9,27H2,1-3H3. The predicted octanol–water partition coefficient (Wildman–Crippen LogP) is 6.41. The van der Waals surface area contributed by atoms with Gasteiger partial charge < -0.3 is 5.73 Å². The smallest absolute Gasteiger partial charge is 0.162 e. The molecule has 1 unspecified atom stereocenters. The number of carbonyl (C=O) groups is 1.